The lowest BCUT2D eigenvalue weighted by Gasteiger charge is -2.35. The van der Waals surface area contributed by atoms with Crippen molar-refractivity contribution < 1.29 is 14.3 Å². The molecule has 1 heterocycles. The molecule has 0 unspecified atom stereocenters. The van der Waals surface area contributed by atoms with Crippen LogP contribution < -0.4 is 5.32 Å². The van der Waals surface area contributed by atoms with Crippen molar-refractivity contribution in [2.45, 2.75) is 6.92 Å². The number of hydrogen-bond acceptors (Lipinski definition) is 4. The minimum Gasteiger partial charge on any atom is -0.465 e. The third kappa shape index (κ3) is 3.73. The van der Waals surface area contributed by atoms with Gasteiger partial charge in [0.25, 0.3) is 0 Å². The fourth-order valence-corrected chi connectivity index (χ4v) is 2.59. The van der Waals surface area contributed by atoms with Crippen molar-refractivity contribution in [3.8, 4) is 0 Å². The lowest BCUT2D eigenvalue weighted by Crippen LogP contribution is -2.51. The normalized spacial score (nSPS) is 14.5. The van der Waals surface area contributed by atoms with Crippen LogP contribution in [-0.4, -0.2) is 60.1 Å². The van der Waals surface area contributed by atoms with Gasteiger partial charge in [-0.1, -0.05) is 12.1 Å². The number of benzene rings is 1. The van der Waals surface area contributed by atoms with E-state index in [0.717, 1.165) is 0 Å². The second-order valence-electron chi connectivity index (χ2n) is 4.96. The summed E-state index contributed by atoms with van der Waals surface area (Å²) in [5.74, 6) is -0.332. The Morgan fingerprint density at radius 3 is 2.32 bits per heavy atom. The van der Waals surface area contributed by atoms with Crippen LogP contribution in [0.1, 0.15) is 17.3 Å². The number of rotatable bonds is 2. The Kier molecular flexibility index (Phi) is 5.32. The summed E-state index contributed by atoms with van der Waals surface area (Å²) in [6.45, 7) is 4.21. The number of thiocarbonyl (C=S) groups is 1. The van der Waals surface area contributed by atoms with Crippen LogP contribution in [-0.2, 0) is 9.53 Å². The molecule has 1 fully saturated rings. The van der Waals surface area contributed by atoms with E-state index in [2.05, 4.69) is 5.32 Å². The Hall–Kier alpha value is -2.15. The Balaban J connectivity index is 2.01. The summed E-state index contributed by atoms with van der Waals surface area (Å²) in [6.07, 6.45) is 0. The van der Waals surface area contributed by atoms with Gasteiger partial charge in [-0.05, 0) is 24.4 Å². The average Bonchev–Trinajstić information content (AvgIpc) is 2.54. The van der Waals surface area contributed by atoms with Crippen molar-refractivity contribution in [1.82, 2.24) is 9.80 Å². The maximum atomic E-state index is 11.7. The van der Waals surface area contributed by atoms with Gasteiger partial charge < -0.3 is 19.9 Å². The van der Waals surface area contributed by atoms with Gasteiger partial charge in [-0.2, -0.15) is 0 Å². The molecule has 0 aliphatic carbocycles. The molecule has 6 nitrogen and oxygen atoms in total. The Morgan fingerprint density at radius 1 is 1.14 bits per heavy atom. The molecule has 1 amide bonds. The summed E-state index contributed by atoms with van der Waals surface area (Å²) in [5.41, 5.74) is 1.06. The molecule has 2 rings (SSSR count). The minimum absolute atomic E-state index is 0.0783. The van der Waals surface area contributed by atoms with E-state index in [1.54, 1.807) is 30.0 Å². The van der Waals surface area contributed by atoms with Crippen LogP contribution in [0.2, 0.25) is 0 Å². The predicted octanol–water partition coefficient (Wildman–Crippen LogP) is 1.33. The van der Waals surface area contributed by atoms with Crippen molar-refractivity contribution in [1.29, 1.82) is 0 Å². The monoisotopic (exact) mass is 321 g/mol. The number of esters is 1. The van der Waals surface area contributed by atoms with Crippen LogP contribution in [0, 0.1) is 0 Å². The van der Waals surface area contributed by atoms with E-state index in [9.17, 15) is 9.59 Å². The van der Waals surface area contributed by atoms with E-state index in [1.165, 1.54) is 7.11 Å². The molecule has 1 aromatic carbocycles. The zero-order chi connectivity index (χ0) is 16.1. The predicted molar refractivity (Wildman–Crippen MR) is 87.8 cm³/mol. The fraction of sp³-hybridized carbons (Fsp3) is 0.400. The van der Waals surface area contributed by atoms with Gasteiger partial charge in [-0.15, -0.1) is 0 Å². The highest BCUT2D eigenvalue weighted by Crippen LogP contribution is 2.17. The first kappa shape index (κ1) is 16.2. The van der Waals surface area contributed by atoms with Gasteiger partial charge in [0, 0.05) is 33.1 Å². The fourth-order valence-electron chi connectivity index (χ4n) is 2.30. The maximum Gasteiger partial charge on any atom is 0.339 e. The summed E-state index contributed by atoms with van der Waals surface area (Å²) < 4.78 is 4.76. The quantitative estimate of drug-likeness (QED) is 0.655. The van der Waals surface area contributed by atoms with Crippen molar-refractivity contribution in [2.24, 2.45) is 0 Å². The zero-order valence-electron chi connectivity index (χ0n) is 12.7. The van der Waals surface area contributed by atoms with Gasteiger partial charge in [0.1, 0.15) is 0 Å². The minimum atomic E-state index is -0.410. The van der Waals surface area contributed by atoms with E-state index in [4.69, 9.17) is 17.0 Å². The molecule has 1 N–H and O–H groups in total. The number of piperazine rings is 1. The largest absolute Gasteiger partial charge is 0.465 e. The molecule has 1 aromatic rings. The number of para-hydroxylation sites is 1. The van der Waals surface area contributed by atoms with Gasteiger partial charge in [-0.25, -0.2) is 4.79 Å². The van der Waals surface area contributed by atoms with E-state index < -0.39 is 5.97 Å². The highest BCUT2D eigenvalue weighted by molar-refractivity contribution is 7.80. The Bertz CT molecular complexity index is 583. The molecule has 1 aliphatic heterocycles. The number of amides is 1. The highest BCUT2D eigenvalue weighted by atomic mass is 32.1. The van der Waals surface area contributed by atoms with Crippen LogP contribution in [0.4, 0.5) is 5.69 Å². The molecule has 7 heteroatoms. The van der Waals surface area contributed by atoms with Crippen LogP contribution in [0.25, 0.3) is 0 Å². The van der Waals surface area contributed by atoms with Gasteiger partial charge in [0.15, 0.2) is 5.11 Å². The average molecular weight is 321 g/mol. The number of hydrogen-bond donors (Lipinski definition) is 1. The second-order valence-corrected chi connectivity index (χ2v) is 5.35. The summed E-state index contributed by atoms with van der Waals surface area (Å²) in [6, 6.07) is 7.06. The van der Waals surface area contributed by atoms with Crippen LogP contribution in [0.5, 0.6) is 0 Å². The molecular formula is C15H19N3O3S. The molecule has 0 bridgehead atoms. The third-order valence-corrected chi connectivity index (χ3v) is 3.95. The van der Waals surface area contributed by atoms with Gasteiger partial charge in [0.2, 0.25) is 5.91 Å². The lowest BCUT2D eigenvalue weighted by molar-refractivity contribution is -0.130. The van der Waals surface area contributed by atoms with Crippen molar-refractivity contribution in [3.05, 3.63) is 29.8 Å². The molecule has 1 saturated heterocycles. The molecule has 118 valence electrons. The van der Waals surface area contributed by atoms with Crippen LogP contribution >= 0.6 is 12.2 Å². The standard InChI is InChI=1S/C15H19N3O3S/c1-11(19)17-7-9-18(10-8-17)15(22)16-13-6-4-3-5-12(13)14(20)21-2/h3-6H,7-10H2,1-2H3,(H,16,22). The second kappa shape index (κ2) is 7.22. The first-order valence-corrected chi connectivity index (χ1v) is 7.42. The van der Waals surface area contributed by atoms with Crippen molar-refractivity contribution >= 4 is 34.9 Å². The summed E-state index contributed by atoms with van der Waals surface area (Å²) in [5, 5.41) is 3.63. The third-order valence-electron chi connectivity index (χ3n) is 3.59. The maximum absolute atomic E-state index is 11.7. The van der Waals surface area contributed by atoms with E-state index >= 15 is 0 Å². The van der Waals surface area contributed by atoms with E-state index in [0.29, 0.717) is 42.5 Å². The van der Waals surface area contributed by atoms with Gasteiger partial charge in [0.05, 0.1) is 18.4 Å². The van der Waals surface area contributed by atoms with E-state index in [1.807, 2.05) is 11.0 Å². The first-order valence-electron chi connectivity index (χ1n) is 7.01. The highest BCUT2D eigenvalue weighted by Gasteiger charge is 2.21. The van der Waals surface area contributed by atoms with Gasteiger partial charge in [-0.3, -0.25) is 4.79 Å². The molecular weight excluding hydrogens is 302 g/mol. The van der Waals surface area contributed by atoms with Crippen molar-refractivity contribution in [2.75, 3.05) is 38.6 Å². The summed E-state index contributed by atoms with van der Waals surface area (Å²) in [7, 11) is 1.35. The number of nitrogens with zero attached hydrogens (tertiary/aromatic N) is 2. The molecule has 0 aromatic heterocycles. The number of methoxy groups -OCH3 is 1. The lowest BCUT2D eigenvalue weighted by atomic mass is 10.2. The zero-order valence-corrected chi connectivity index (χ0v) is 13.5. The van der Waals surface area contributed by atoms with Gasteiger partial charge >= 0.3 is 5.97 Å². The summed E-state index contributed by atoms with van der Waals surface area (Å²) in [4.78, 5) is 26.9. The number of ether oxygens (including phenoxy) is 1. The van der Waals surface area contributed by atoms with Crippen LogP contribution in [0.15, 0.2) is 24.3 Å². The molecule has 1 aliphatic rings. The number of carbonyl (C=O) groups excluding carboxylic acids is 2. The van der Waals surface area contributed by atoms with Crippen LogP contribution in [0.3, 0.4) is 0 Å². The van der Waals surface area contributed by atoms with E-state index in [-0.39, 0.29) is 5.91 Å². The number of carbonyl (C=O) groups is 2. The van der Waals surface area contributed by atoms with Crippen molar-refractivity contribution in [3.63, 3.8) is 0 Å². The molecule has 0 saturated carbocycles. The first-order chi connectivity index (χ1) is 10.5. The molecule has 0 radical (unpaired) electrons. The number of nitrogens with one attached hydrogen (secondary N) is 1. The Morgan fingerprint density at radius 2 is 1.73 bits per heavy atom. The molecule has 22 heavy (non-hydrogen) atoms. The number of anilines is 1. The SMILES string of the molecule is COC(=O)c1ccccc1NC(=S)N1CCN(C(C)=O)CC1. The summed E-state index contributed by atoms with van der Waals surface area (Å²) >= 11 is 5.40. The topological polar surface area (TPSA) is 61.9 Å². The smallest absolute Gasteiger partial charge is 0.339 e. The molecule has 0 atom stereocenters. The molecule has 0 spiro atoms. The Labute approximate surface area is 135 Å².